The molecular formula is C12H20F3N3O. The van der Waals surface area contributed by atoms with E-state index in [2.05, 4.69) is 10.3 Å². The number of nitrogens with zero attached hydrogens (tertiary/aromatic N) is 2. The van der Waals surface area contributed by atoms with Crippen molar-refractivity contribution in [1.29, 1.82) is 0 Å². The molecule has 0 spiro atoms. The second-order valence-corrected chi connectivity index (χ2v) is 5.07. The molecule has 0 saturated heterocycles. The molecule has 0 aliphatic carbocycles. The fraction of sp³-hybridized carbons (Fsp3) is 0.750. The van der Waals surface area contributed by atoms with E-state index in [9.17, 15) is 18.3 Å². The molecule has 0 saturated carbocycles. The number of aliphatic hydroxyl groups is 1. The first kappa shape index (κ1) is 16.0. The zero-order chi connectivity index (χ0) is 14.7. The first-order valence-electron chi connectivity index (χ1n) is 6.16. The monoisotopic (exact) mass is 279 g/mol. The van der Waals surface area contributed by atoms with Crippen molar-refractivity contribution in [3.05, 3.63) is 18.2 Å². The number of imidazole rings is 1. The van der Waals surface area contributed by atoms with Gasteiger partial charge in [-0.1, -0.05) is 13.8 Å². The first-order valence-corrected chi connectivity index (χ1v) is 6.16. The summed E-state index contributed by atoms with van der Waals surface area (Å²) < 4.78 is 40.5. The van der Waals surface area contributed by atoms with Gasteiger partial charge in [-0.2, -0.15) is 13.2 Å². The van der Waals surface area contributed by atoms with Crippen molar-refractivity contribution >= 4 is 0 Å². The van der Waals surface area contributed by atoms with Crippen LogP contribution in [0, 0.1) is 5.92 Å². The van der Waals surface area contributed by atoms with Crippen molar-refractivity contribution in [3.8, 4) is 0 Å². The molecule has 1 aromatic rings. The smallest absolute Gasteiger partial charge is 0.374 e. The number of nitrogens with one attached hydrogen (secondary N) is 1. The van der Waals surface area contributed by atoms with Crippen LogP contribution in [0.15, 0.2) is 12.4 Å². The van der Waals surface area contributed by atoms with Crippen molar-refractivity contribution in [2.24, 2.45) is 13.0 Å². The number of aromatic nitrogens is 2. The number of halogens is 3. The lowest BCUT2D eigenvalue weighted by Gasteiger charge is -2.30. The molecule has 1 heterocycles. The van der Waals surface area contributed by atoms with Gasteiger partial charge in [-0.15, -0.1) is 0 Å². The van der Waals surface area contributed by atoms with E-state index in [0.717, 1.165) is 0 Å². The molecule has 0 fully saturated rings. The van der Waals surface area contributed by atoms with Crippen LogP contribution >= 0.6 is 0 Å². The van der Waals surface area contributed by atoms with Gasteiger partial charge in [0.25, 0.3) is 0 Å². The SMILES string of the molecule is CC(C)CNCCC(O)(c1nccn1C)C(F)(F)F. The van der Waals surface area contributed by atoms with Crippen LogP contribution in [0.25, 0.3) is 0 Å². The maximum absolute atomic E-state index is 13.1. The lowest BCUT2D eigenvalue weighted by Crippen LogP contribution is -2.46. The summed E-state index contributed by atoms with van der Waals surface area (Å²) in [6, 6.07) is 0. The molecule has 4 nitrogen and oxygen atoms in total. The molecule has 7 heteroatoms. The van der Waals surface area contributed by atoms with E-state index in [1.165, 1.54) is 24.0 Å². The Morgan fingerprint density at radius 1 is 1.42 bits per heavy atom. The quantitative estimate of drug-likeness (QED) is 0.781. The molecule has 1 rings (SSSR count). The normalized spacial score (nSPS) is 15.8. The molecule has 0 aliphatic heterocycles. The molecular weight excluding hydrogens is 259 g/mol. The molecule has 0 radical (unpaired) electrons. The fourth-order valence-electron chi connectivity index (χ4n) is 1.80. The van der Waals surface area contributed by atoms with E-state index in [1.54, 1.807) is 0 Å². The summed E-state index contributed by atoms with van der Waals surface area (Å²) >= 11 is 0. The molecule has 110 valence electrons. The summed E-state index contributed by atoms with van der Waals surface area (Å²) in [6.45, 7) is 4.60. The van der Waals surface area contributed by atoms with Gasteiger partial charge in [0, 0.05) is 25.9 Å². The van der Waals surface area contributed by atoms with Gasteiger partial charge in [-0.05, 0) is 19.0 Å². The van der Waals surface area contributed by atoms with Gasteiger partial charge in [-0.25, -0.2) is 4.98 Å². The van der Waals surface area contributed by atoms with Crippen LogP contribution in [0.4, 0.5) is 13.2 Å². The van der Waals surface area contributed by atoms with Crippen molar-refractivity contribution in [1.82, 2.24) is 14.9 Å². The Morgan fingerprint density at radius 2 is 2.05 bits per heavy atom. The van der Waals surface area contributed by atoms with Gasteiger partial charge in [-0.3, -0.25) is 0 Å². The summed E-state index contributed by atoms with van der Waals surface area (Å²) in [5, 5.41) is 12.9. The Morgan fingerprint density at radius 3 is 2.47 bits per heavy atom. The van der Waals surface area contributed by atoms with Crippen LogP contribution in [0.5, 0.6) is 0 Å². The van der Waals surface area contributed by atoms with E-state index in [1.807, 2.05) is 13.8 Å². The molecule has 0 amide bonds. The largest absolute Gasteiger partial charge is 0.424 e. The number of hydrogen-bond acceptors (Lipinski definition) is 3. The zero-order valence-corrected chi connectivity index (χ0v) is 11.3. The maximum atomic E-state index is 13.1. The van der Waals surface area contributed by atoms with Crippen molar-refractivity contribution in [2.75, 3.05) is 13.1 Å². The van der Waals surface area contributed by atoms with Gasteiger partial charge in [0.1, 0.15) is 5.82 Å². The summed E-state index contributed by atoms with van der Waals surface area (Å²) in [4.78, 5) is 3.63. The van der Waals surface area contributed by atoms with Gasteiger partial charge in [0.15, 0.2) is 0 Å². The van der Waals surface area contributed by atoms with Gasteiger partial charge >= 0.3 is 6.18 Å². The van der Waals surface area contributed by atoms with E-state index in [4.69, 9.17) is 0 Å². The average Bonchev–Trinajstić information content (AvgIpc) is 2.69. The third kappa shape index (κ3) is 3.70. The Hall–Kier alpha value is -1.08. The van der Waals surface area contributed by atoms with Crippen LogP contribution < -0.4 is 5.32 Å². The highest BCUT2D eigenvalue weighted by atomic mass is 19.4. The topological polar surface area (TPSA) is 50.1 Å². The minimum atomic E-state index is -4.76. The molecule has 19 heavy (non-hydrogen) atoms. The van der Waals surface area contributed by atoms with Gasteiger partial charge in [0.05, 0.1) is 0 Å². The zero-order valence-electron chi connectivity index (χ0n) is 11.3. The number of hydrogen-bond donors (Lipinski definition) is 2. The van der Waals surface area contributed by atoms with Crippen LogP contribution in [0.2, 0.25) is 0 Å². The van der Waals surface area contributed by atoms with Crippen molar-refractivity contribution in [3.63, 3.8) is 0 Å². The number of aryl methyl sites for hydroxylation is 1. The Balaban J connectivity index is 2.81. The molecule has 1 unspecified atom stereocenters. The second kappa shape index (κ2) is 5.92. The third-order valence-corrected chi connectivity index (χ3v) is 2.88. The Bertz CT molecular complexity index is 403. The Labute approximate surface area is 110 Å². The van der Waals surface area contributed by atoms with Crippen LogP contribution in [0.3, 0.4) is 0 Å². The minimum Gasteiger partial charge on any atom is -0.374 e. The van der Waals surface area contributed by atoms with Gasteiger partial charge in [0.2, 0.25) is 5.60 Å². The molecule has 2 N–H and O–H groups in total. The highest BCUT2D eigenvalue weighted by Crippen LogP contribution is 2.40. The lowest BCUT2D eigenvalue weighted by molar-refractivity contribution is -0.272. The number of alkyl halides is 3. The summed E-state index contributed by atoms with van der Waals surface area (Å²) in [5.74, 6) is -0.0431. The molecule has 0 aliphatic rings. The van der Waals surface area contributed by atoms with E-state index in [0.29, 0.717) is 12.5 Å². The first-order chi connectivity index (χ1) is 8.68. The second-order valence-electron chi connectivity index (χ2n) is 5.07. The molecule has 0 aromatic carbocycles. The van der Waals surface area contributed by atoms with E-state index in [-0.39, 0.29) is 12.4 Å². The maximum Gasteiger partial charge on any atom is 0.424 e. The van der Waals surface area contributed by atoms with Crippen molar-refractivity contribution in [2.45, 2.75) is 32.0 Å². The van der Waals surface area contributed by atoms with E-state index >= 15 is 0 Å². The molecule has 0 bridgehead atoms. The van der Waals surface area contributed by atoms with Crippen LogP contribution in [0.1, 0.15) is 26.1 Å². The van der Waals surface area contributed by atoms with E-state index < -0.39 is 18.2 Å². The molecule has 1 atom stereocenters. The fourth-order valence-corrected chi connectivity index (χ4v) is 1.80. The highest BCUT2D eigenvalue weighted by molar-refractivity contribution is 5.08. The summed E-state index contributed by atoms with van der Waals surface area (Å²) in [7, 11) is 1.43. The average molecular weight is 279 g/mol. The van der Waals surface area contributed by atoms with Crippen molar-refractivity contribution < 1.29 is 18.3 Å². The number of rotatable bonds is 6. The summed E-state index contributed by atoms with van der Waals surface area (Å²) in [5.41, 5.74) is -2.92. The standard InChI is InChI=1S/C12H20F3N3O/c1-9(2)8-16-5-4-11(19,12(13,14)15)10-17-6-7-18(10)3/h6-7,9,16,19H,4-5,8H2,1-3H3. The third-order valence-electron chi connectivity index (χ3n) is 2.88. The Kier molecular flexibility index (Phi) is 4.98. The lowest BCUT2D eigenvalue weighted by atomic mass is 9.97. The van der Waals surface area contributed by atoms with Crippen LogP contribution in [-0.4, -0.2) is 33.9 Å². The van der Waals surface area contributed by atoms with Gasteiger partial charge < -0.3 is 15.0 Å². The molecule has 1 aromatic heterocycles. The summed E-state index contributed by atoms with van der Waals surface area (Å²) in [6.07, 6.45) is -2.60. The predicted molar refractivity (Wildman–Crippen MR) is 65.5 cm³/mol. The highest BCUT2D eigenvalue weighted by Gasteiger charge is 2.56. The minimum absolute atomic E-state index is 0.0705. The van der Waals surface area contributed by atoms with Crippen LogP contribution in [-0.2, 0) is 12.6 Å². The predicted octanol–water partition coefficient (Wildman–Crippen LogP) is 1.81.